The monoisotopic (exact) mass is 199 g/mol. The normalized spacial score (nSPS) is 10.3. The van der Waals surface area contributed by atoms with Crippen LogP contribution >= 0.6 is 11.6 Å². The van der Waals surface area contributed by atoms with Crippen LogP contribution in [0.3, 0.4) is 0 Å². The molecule has 13 heavy (non-hydrogen) atoms. The molecule has 3 nitrogen and oxygen atoms in total. The number of aryl methyl sites for hydroxylation is 1. The second-order valence-corrected chi connectivity index (χ2v) is 3.32. The van der Waals surface area contributed by atoms with Gasteiger partial charge in [-0.15, -0.1) is 0 Å². The van der Waals surface area contributed by atoms with Gasteiger partial charge in [-0.2, -0.15) is 0 Å². The van der Waals surface area contributed by atoms with Crippen molar-refractivity contribution in [2.75, 3.05) is 6.54 Å². The summed E-state index contributed by atoms with van der Waals surface area (Å²) in [6.07, 6.45) is 5.81. The maximum Gasteiger partial charge on any atom is 0.132 e. The minimum atomic E-state index is 0.517. The molecule has 0 saturated heterocycles. The Labute approximate surface area is 83.3 Å². The molecule has 1 heterocycles. The quantitative estimate of drug-likeness (QED) is 0.581. The first-order valence-electron chi connectivity index (χ1n) is 4.49. The Morgan fingerprint density at radius 1 is 1.23 bits per heavy atom. The van der Waals surface area contributed by atoms with Gasteiger partial charge < -0.3 is 5.73 Å². The second kappa shape index (κ2) is 5.89. The Morgan fingerprint density at radius 2 is 2.08 bits per heavy atom. The van der Waals surface area contributed by atoms with Crippen LogP contribution in [0.1, 0.15) is 25.0 Å². The van der Waals surface area contributed by atoms with Crippen molar-refractivity contribution in [2.45, 2.75) is 25.7 Å². The van der Waals surface area contributed by atoms with Crippen LogP contribution in [-0.4, -0.2) is 16.5 Å². The molecular formula is C9H14ClN3. The highest BCUT2D eigenvalue weighted by Crippen LogP contribution is 2.07. The average Bonchev–Trinajstić information content (AvgIpc) is 2.13. The Kier molecular flexibility index (Phi) is 4.72. The number of nitrogens with two attached hydrogens (primary N) is 1. The molecule has 0 radical (unpaired) electrons. The SMILES string of the molecule is NCCCCCc1cc(Cl)ncn1. The Hall–Kier alpha value is -0.670. The van der Waals surface area contributed by atoms with Crippen molar-refractivity contribution in [3.63, 3.8) is 0 Å². The topological polar surface area (TPSA) is 51.8 Å². The summed E-state index contributed by atoms with van der Waals surface area (Å²) in [5.74, 6) is 0. The third kappa shape index (κ3) is 4.20. The summed E-state index contributed by atoms with van der Waals surface area (Å²) in [6.45, 7) is 0.768. The molecule has 1 aromatic heterocycles. The van der Waals surface area contributed by atoms with E-state index in [1.54, 1.807) is 0 Å². The fraction of sp³-hybridized carbons (Fsp3) is 0.556. The minimum absolute atomic E-state index is 0.517. The molecule has 0 atom stereocenters. The van der Waals surface area contributed by atoms with Crippen LogP contribution in [-0.2, 0) is 6.42 Å². The van der Waals surface area contributed by atoms with E-state index in [0.29, 0.717) is 5.15 Å². The third-order valence-electron chi connectivity index (χ3n) is 1.83. The molecular weight excluding hydrogens is 186 g/mol. The number of halogens is 1. The van der Waals surface area contributed by atoms with Crippen molar-refractivity contribution in [3.05, 3.63) is 23.2 Å². The van der Waals surface area contributed by atoms with Gasteiger partial charge in [0.15, 0.2) is 0 Å². The summed E-state index contributed by atoms with van der Waals surface area (Å²) in [6, 6.07) is 1.81. The predicted octanol–water partition coefficient (Wildman–Crippen LogP) is 1.80. The maximum atomic E-state index is 5.71. The van der Waals surface area contributed by atoms with Gasteiger partial charge in [-0.3, -0.25) is 0 Å². The second-order valence-electron chi connectivity index (χ2n) is 2.93. The molecule has 0 aliphatic heterocycles. The molecule has 0 aliphatic carbocycles. The molecule has 0 bridgehead atoms. The van der Waals surface area contributed by atoms with E-state index in [0.717, 1.165) is 37.9 Å². The zero-order valence-corrected chi connectivity index (χ0v) is 8.30. The molecule has 0 saturated carbocycles. The van der Waals surface area contributed by atoms with Gasteiger partial charge in [0.25, 0.3) is 0 Å². The van der Waals surface area contributed by atoms with Gasteiger partial charge in [-0.25, -0.2) is 9.97 Å². The van der Waals surface area contributed by atoms with Crippen LogP contribution in [0.2, 0.25) is 5.15 Å². The van der Waals surface area contributed by atoms with Gasteiger partial charge in [-0.05, 0) is 31.9 Å². The molecule has 0 spiro atoms. The maximum absolute atomic E-state index is 5.71. The summed E-state index contributed by atoms with van der Waals surface area (Å²) >= 11 is 5.71. The van der Waals surface area contributed by atoms with Gasteiger partial charge in [-0.1, -0.05) is 18.0 Å². The van der Waals surface area contributed by atoms with E-state index in [1.807, 2.05) is 6.07 Å². The molecule has 2 N–H and O–H groups in total. The van der Waals surface area contributed by atoms with E-state index in [-0.39, 0.29) is 0 Å². The number of hydrogen-bond acceptors (Lipinski definition) is 3. The highest BCUT2D eigenvalue weighted by Gasteiger charge is 1.96. The molecule has 0 unspecified atom stereocenters. The van der Waals surface area contributed by atoms with Crippen molar-refractivity contribution in [3.8, 4) is 0 Å². The predicted molar refractivity (Wildman–Crippen MR) is 53.7 cm³/mol. The molecule has 1 aromatic rings. The summed E-state index contributed by atoms with van der Waals surface area (Å²) < 4.78 is 0. The van der Waals surface area contributed by atoms with Crippen molar-refractivity contribution >= 4 is 11.6 Å². The molecule has 4 heteroatoms. The number of hydrogen-bond donors (Lipinski definition) is 1. The molecule has 72 valence electrons. The van der Waals surface area contributed by atoms with E-state index in [4.69, 9.17) is 17.3 Å². The van der Waals surface area contributed by atoms with Crippen LogP contribution in [0.15, 0.2) is 12.4 Å². The number of unbranched alkanes of at least 4 members (excludes halogenated alkanes) is 2. The standard InChI is InChI=1S/C9H14ClN3/c10-9-6-8(12-7-13-9)4-2-1-3-5-11/h6-7H,1-5,11H2. The zero-order valence-electron chi connectivity index (χ0n) is 7.54. The zero-order chi connectivity index (χ0) is 9.52. The summed E-state index contributed by atoms with van der Waals surface area (Å²) in [4.78, 5) is 7.93. The lowest BCUT2D eigenvalue weighted by molar-refractivity contribution is 0.678. The van der Waals surface area contributed by atoms with Crippen LogP contribution in [0, 0.1) is 0 Å². The van der Waals surface area contributed by atoms with Gasteiger partial charge in [0, 0.05) is 5.69 Å². The lowest BCUT2D eigenvalue weighted by atomic mass is 10.1. The first-order chi connectivity index (χ1) is 6.33. The Balaban J connectivity index is 2.28. The van der Waals surface area contributed by atoms with Gasteiger partial charge >= 0.3 is 0 Å². The van der Waals surface area contributed by atoms with Crippen molar-refractivity contribution < 1.29 is 0 Å². The molecule has 0 amide bonds. The van der Waals surface area contributed by atoms with E-state index in [9.17, 15) is 0 Å². The average molecular weight is 200 g/mol. The highest BCUT2D eigenvalue weighted by atomic mass is 35.5. The van der Waals surface area contributed by atoms with E-state index < -0.39 is 0 Å². The number of aromatic nitrogens is 2. The molecule has 0 aromatic carbocycles. The first-order valence-corrected chi connectivity index (χ1v) is 4.87. The number of rotatable bonds is 5. The molecule has 0 aliphatic rings. The fourth-order valence-electron chi connectivity index (χ4n) is 1.13. The van der Waals surface area contributed by atoms with Crippen molar-refractivity contribution in [1.82, 2.24) is 9.97 Å². The van der Waals surface area contributed by atoms with Gasteiger partial charge in [0.05, 0.1) is 0 Å². The fourth-order valence-corrected chi connectivity index (χ4v) is 1.30. The van der Waals surface area contributed by atoms with E-state index in [1.165, 1.54) is 6.33 Å². The van der Waals surface area contributed by atoms with Crippen LogP contribution in [0.25, 0.3) is 0 Å². The van der Waals surface area contributed by atoms with Crippen LogP contribution in [0.4, 0.5) is 0 Å². The minimum Gasteiger partial charge on any atom is -0.330 e. The van der Waals surface area contributed by atoms with Gasteiger partial charge in [0.2, 0.25) is 0 Å². The van der Waals surface area contributed by atoms with E-state index in [2.05, 4.69) is 9.97 Å². The largest absolute Gasteiger partial charge is 0.330 e. The van der Waals surface area contributed by atoms with Gasteiger partial charge in [0.1, 0.15) is 11.5 Å². The van der Waals surface area contributed by atoms with Crippen LogP contribution < -0.4 is 5.73 Å². The van der Waals surface area contributed by atoms with Crippen molar-refractivity contribution in [1.29, 1.82) is 0 Å². The summed E-state index contributed by atoms with van der Waals surface area (Å²) in [5.41, 5.74) is 6.40. The summed E-state index contributed by atoms with van der Waals surface area (Å²) in [5, 5.41) is 0.517. The lowest BCUT2D eigenvalue weighted by Gasteiger charge is -1.99. The van der Waals surface area contributed by atoms with Crippen LogP contribution in [0.5, 0.6) is 0 Å². The molecule has 1 rings (SSSR count). The Morgan fingerprint density at radius 3 is 2.77 bits per heavy atom. The lowest BCUT2D eigenvalue weighted by Crippen LogP contribution is -1.98. The third-order valence-corrected chi connectivity index (χ3v) is 2.03. The smallest absolute Gasteiger partial charge is 0.132 e. The number of nitrogens with zero attached hydrogens (tertiary/aromatic N) is 2. The van der Waals surface area contributed by atoms with E-state index >= 15 is 0 Å². The first kappa shape index (κ1) is 10.4. The van der Waals surface area contributed by atoms with Crippen molar-refractivity contribution in [2.24, 2.45) is 5.73 Å². The highest BCUT2D eigenvalue weighted by molar-refractivity contribution is 6.29. The summed E-state index contributed by atoms with van der Waals surface area (Å²) in [7, 11) is 0. The molecule has 0 fully saturated rings. The Bertz CT molecular complexity index is 252.